The number of nitrogens with zero attached hydrogens (tertiary/aromatic N) is 1. The summed E-state index contributed by atoms with van der Waals surface area (Å²) in [4.78, 5) is 13.6. The largest absolute Gasteiger partial charge is 0.380 e. The molecule has 1 heterocycles. The lowest BCUT2D eigenvalue weighted by molar-refractivity contribution is 0.185. The Bertz CT molecular complexity index is 701. The third-order valence-corrected chi connectivity index (χ3v) is 4.86. The van der Waals surface area contributed by atoms with Crippen molar-refractivity contribution in [2.45, 2.75) is 11.0 Å². The number of benzene rings is 2. The zero-order chi connectivity index (χ0) is 16.2. The van der Waals surface area contributed by atoms with Crippen molar-refractivity contribution < 1.29 is 9.53 Å². The summed E-state index contributed by atoms with van der Waals surface area (Å²) in [5, 5.41) is 2.83. The van der Waals surface area contributed by atoms with Crippen LogP contribution in [0.3, 0.4) is 0 Å². The third-order valence-electron chi connectivity index (χ3n) is 3.98. The first-order valence-corrected chi connectivity index (χ1v) is 9.08. The lowest BCUT2D eigenvalue weighted by Crippen LogP contribution is -2.27. The number of ether oxygens (including phenoxy) is 1. The quantitative estimate of drug-likeness (QED) is 0.586. The fourth-order valence-corrected chi connectivity index (χ4v) is 3.30. The second-order valence-electron chi connectivity index (χ2n) is 5.49. The van der Waals surface area contributed by atoms with Crippen LogP contribution in [0.2, 0.25) is 0 Å². The number of amides is 2. The van der Waals surface area contributed by atoms with Gasteiger partial charge >= 0.3 is 6.03 Å². The zero-order valence-corrected chi connectivity index (χ0v) is 15.2. The number of halogens is 1. The number of carbonyl (C=O) groups excluding carboxylic acids is 1. The van der Waals surface area contributed by atoms with E-state index in [0.717, 1.165) is 21.2 Å². The highest BCUT2D eigenvalue weighted by atomic mass is 127. The first-order chi connectivity index (χ1) is 11.2. The number of nitrogens with one attached hydrogen (secondary N) is 1. The summed E-state index contributed by atoms with van der Waals surface area (Å²) in [6.07, 6.45) is 0. The van der Waals surface area contributed by atoms with Crippen LogP contribution in [0.15, 0.2) is 42.5 Å². The van der Waals surface area contributed by atoms with E-state index >= 15 is 0 Å². The lowest BCUT2D eigenvalue weighted by Gasteiger charge is -2.18. The predicted octanol–water partition coefficient (Wildman–Crippen LogP) is 3.96. The van der Waals surface area contributed by atoms with Crippen LogP contribution in [-0.4, -0.2) is 26.2 Å². The molecule has 0 saturated carbocycles. The van der Waals surface area contributed by atoms with E-state index in [9.17, 15) is 4.79 Å². The van der Waals surface area contributed by atoms with Gasteiger partial charge in [-0.1, -0.05) is 52.9 Å². The Balaban J connectivity index is 1.97. The van der Waals surface area contributed by atoms with Crippen LogP contribution in [0.4, 0.5) is 10.5 Å². The molecular weight excluding hydrogens is 403 g/mol. The molecule has 5 heteroatoms. The third kappa shape index (κ3) is 3.50. The maximum atomic E-state index is 11.9. The minimum Gasteiger partial charge on any atom is -0.380 e. The van der Waals surface area contributed by atoms with Gasteiger partial charge in [-0.15, -0.1) is 0 Å². The highest BCUT2D eigenvalue weighted by molar-refractivity contribution is 14.1. The highest BCUT2D eigenvalue weighted by Crippen LogP contribution is 2.29. The van der Waals surface area contributed by atoms with Crippen LogP contribution in [0, 0.1) is 0 Å². The molecule has 1 aliphatic heterocycles. The van der Waals surface area contributed by atoms with E-state index in [2.05, 4.69) is 64.3 Å². The van der Waals surface area contributed by atoms with Crippen molar-refractivity contribution in [1.29, 1.82) is 0 Å². The van der Waals surface area contributed by atoms with E-state index < -0.39 is 0 Å². The molecule has 0 bridgehead atoms. The van der Waals surface area contributed by atoms with Gasteiger partial charge in [0.2, 0.25) is 0 Å². The van der Waals surface area contributed by atoms with Crippen molar-refractivity contribution in [3.05, 3.63) is 53.6 Å². The molecular formula is C18H19IN2O2. The number of carbonyl (C=O) groups is 1. The number of hydrogen-bond donors (Lipinski definition) is 1. The molecule has 2 aromatic rings. The van der Waals surface area contributed by atoms with Gasteiger partial charge in [-0.2, -0.15) is 0 Å². The van der Waals surface area contributed by atoms with Crippen molar-refractivity contribution >= 4 is 34.3 Å². The van der Waals surface area contributed by atoms with Crippen molar-refractivity contribution in [3.63, 3.8) is 0 Å². The Hall–Kier alpha value is -1.60. The summed E-state index contributed by atoms with van der Waals surface area (Å²) < 4.78 is 6.37. The molecule has 0 spiro atoms. The second-order valence-corrected chi connectivity index (χ2v) is 6.25. The van der Waals surface area contributed by atoms with Crippen molar-refractivity contribution in [2.75, 3.05) is 25.1 Å². The Morgan fingerprint density at radius 3 is 2.61 bits per heavy atom. The van der Waals surface area contributed by atoms with Crippen molar-refractivity contribution in [2.24, 2.45) is 0 Å². The van der Waals surface area contributed by atoms with Crippen LogP contribution in [0.25, 0.3) is 11.1 Å². The average molecular weight is 422 g/mol. The molecule has 120 valence electrons. The van der Waals surface area contributed by atoms with Gasteiger partial charge in [0.15, 0.2) is 0 Å². The summed E-state index contributed by atoms with van der Waals surface area (Å²) in [6.45, 7) is 1.92. The Morgan fingerprint density at radius 1 is 1.22 bits per heavy atom. The fourth-order valence-electron chi connectivity index (χ4n) is 2.80. The lowest BCUT2D eigenvalue weighted by atomic mass is 9.98. The number of rotatable bonds is 5. The molecule has 1 aliphatic rings. The maximum Gasteiger partial charge on any atom is 0.321 e. The van der Waals surface area contributed by atoms with Crippen LogP contribution >= 0.6 is 22.6 Å². The SMILES string of the molecule is COCc1cc(N2CCNC2=O)ccc1-c1ccc(CI)cc1. The molecule has 0 aliphatic carbocycles. The molecule has 1 saturated heterocycles. The Morgan fingerprint density at radius 2 is 2.00 bits per heavy atom. The summed E-state index contributed by atoms with van der Waals surface area (Å²) >= 11 is 2.36. The molecule has 0 unspecified atom stereocenters. The number of hydrogen-bond acceptors (Lipinski definition) is 2. The number of methoxy groups -OCH3 is 1. The number of anilines is 1. The van der Waals surface area contributed by atoms with Gasteiger partial charge in [-0.25, -0.2) is 4.79 Å². The Labute approximate surface area is 150 Å². The normalized spacial score (nSPS) is 14.2. The summed E-state index contributed by atoms with van der Waals surface area (Å²) in [5.41, 5.74) is 5.64. The van der Waals surface area contributed by atoms with Crippen LogP contribution in [0.5, 0.6) is 0 Å². The van der Waals surface area contributed by atoms with Crippen LogP contribution < -0.4 is 10.2 Å². The predicted molar refractivity (Wildman–Crippen MR) is 101 cm³/mol. The maximum absolute atomic E-state index is 11.9. The van der Waals surface area contributed by atoms with Gasteiger partial charge in [0.25, 0.3) is 0 Å². The molecule has 2 aromatic carbocycles. The van der Waals surface area contributed by atoms with Gasteiger partial charge in [0.05, 0.1) is 6.61 Å². The Kier molecular flexibility index (Phi) is 5.17. The first-order valence-electron chi connectivity index (χ1n) is 7.55. The molecule has 23 heavy (non-hydrogen) atoms. The minimum atomic E-state index is -0.0347. The number of alkyl halides is 1. The summed E-state index contributed by atoms with van der Waals surface area (Å²) in [5.74, 6) is 0. The van der Waals surface area contributed by atoms with Gasteiger partial charge in [0, 0.05) is 30.3 Å². The highest BCUT2D eigenvalue weighted by Gasteiger charge is 2.21. The molecule has 4 nitrogen and oxygen atoms in total. The molecule has 3 rings (SSSR count). The van der Waals surface area contributed by atoms with Crippen molar-refractivity contribution in [3.8, 4) is 11.1 Å². The molecule has 0 atom stereocenters. The second kappa shape index (κ2) is 7.31. The van der Waals surface area contributed by atoms with Crippen LogP contribution in [-0.2, 0) is 15.8 Å². The average Bonchev–Trinajstić information content (AvgIpc) is 3.01. The standard InChI is InChI=1S/C18H19IN2O2/c1-23-12-15-10-16(21-9-8-20-18(21)22)6-7-17(15)14-4-2-13(11-19)3-5-14/h2-7,10H,8-9,11-12H2,1H3,(H,20,22). The van der Waals surface area contributed by atoms with Gasteiger partial charge in [0.1, 0.15) is 0 Å². The zero-order valence-electron chi connectivity index (χ0n) is 13.0. The van der Waals surface area contributed by atoms with E-state index in [1.54, 1.807) is 12.0 Å². The van der Waals surface area contributed by atoms with E-state index in [-0.39, 0.29) is 6.03 Å². The molecule has 0 radical (unpaired) electrons. The first kappa shape index (κ1) is 16.3. The van der Waals surface area contributed by atoms with Crippen LogP contribution in [0.1, 0.15) is 11.1 Å². The van der Waals surface area contributed by atoms with E-state index in [0.29, 0.717) is 19.7 Å². The molecule has 1 N–H and O–H groups in total. The summed E-state index contributed by atoms with van der Waals surface area (Å²) in [6, 6.07) is 14.7. The fraction of sp³-hybridized carbons (Fsp3) is 0.278. The van der Waals surface area contributed by atoms with E-state index in [1.165, 1.54) is 11.1 Å². The van der Waals surface area contributed by atoms with E-state index in [1.807, 2.05) is 6.07 Å². The van der Waals surface area contributed by atoms with Gasteiger partial charge in [-0.05, 0) is 34.4 Å². The molecule has 1 fully saturated rings. The summed E-state index contributed by atoms with van der Waals surface area (Å²) in [7, 11) is 1.69. The molecule has 2 amide bonds. The molecule has 0 aromatic heterocycles. The smallest absolute Gasteiger partial charge is 0.321 e. The van der Waals surface area contributed by atoms with E-state index in [4.69, 9.17) is 4.74 Å². The topological polar surface area (TPSA) is 41.6 Å². The minimum absolute atomic E-state index is 0.0347. The van der Waals surface area contributed by atoms with Crippen molar-refractivity contribution in [1.82, 2.24) is 5.32 Å². The monoisotopic (exact) mass is 422 g/mol. The number of urea groups is 1. The van der Waals surface area contributed by atoms with Gasteiger partial charge < -0.3 is 10.1 Å². The van der Waals surface area contributed by atoms with Gasteiger partial charge in [-0.3, -0.25) is 4.90 Å².